The van der Waals surface area contributed by atoms with Gasteiger partial charge in [-0.15, -0.1) is 0 Å². The number of hydrogen-bond acceptors (Lipinski definition) is 5. The first-order chi connectivity index (χ1) is 13.2. The van der Waals surface area contributed by atoms with Crippen molar-refractivity contribution in [3.05, 3.63) is 59.7 Å². The molecule has 1 atom stereocenters. The molecule has 1 aliphatic heterocycles. The van der Waals surface area contributed by atoms with Crippen LogP contribution in [0.4, 0.5) is 13.2 Å². The van der Waals surface area contributed by atoms with Crippen molar-refractivity contribution in [1.82, 2.24) is 5.01 Å². The molecular weight excluding hydrogens is 377 g/mol. The number of ether oxygens (including phenoxy) is 2. The van der Waals surface area contributed by atoms with Crippen molar-refractivity contribution >= 4 is 12.1 Å². The summed E-state index contributed by atoms with van der Waals surface area (Å²) in [6.45, 7) is 0.204. The maximum Gasteiger partial charge on any atom is 0.438 e. The number of carbonyl (C=O) groups excluding carboxylic acids is 1. The van der Waals surface area contributed by atoms with Crippen LogP contribution in [0.15, 0.2) is 53.6 Å². The molecule has 0 bridgehead atoms. The maximum absolute atomic E-state index is 13.1. The van der Waals surface area contributed by atoms with E-state index in [1.165, 1.54) is 12.1 Å². The van der Waals surface area contributed by atoms with Crippen molar-refractivity contribution in [2.24, 2.45) is 5.10 Å². The highest BCUT2D eigenvalue weighted by Gasteiger charge is 2.61. The highest BCUT2D eigenvalue weighted by atomic mass is 19.4. The van der Waals surface area contributed by atoms with Crippen molar-refractivity contribution < 1.29 is 32.5 Å². The number of amides is 1. The van der Waals surface area contributed by atoms with Gasteiger partial charge in [0.1, 0.15) is 18.1 Å². The standard InChI is InChI=1S/C19H17F3N2O4/c1-27-15-6-8-16(9-7-15)28-12-13-2-4-14(5-3-13)17(25)24-18(26,10-11-23-24)19(20,21)22/h2-9,11,26H,10,12H2,1H3/t18-/m0/s1. The lowest BCUT2D eigenvalue weighted by molar-refractivity contribution is -0.297. The fourth-order valence-corrected chi connectivity index (χ4v) is 2.59. The molecular formula is C19H17F3N2O4. The Morgan fingerprint density at radius 3 is 2.32 bits per heavy atom. The summed E-state index contributed by atoms with van der Waals surface area (Å²) in [5.74, 6) is 0.261. The second kappa shape index (κ2) is 7.51. The number of nitrogens with zero attached hydrogens (tertiary/aromatic N) is 2. The first-order valence-corrected chi connectivity index (χ1v) is 8.26. The van der Waals surface area contributed by atoms with Gasteiger partial charge in [-0.2, -0.15) is 23.3 Å². The highest BCUT2D eigenvalue weighted by molar-refractivity contribution is 5.95. The summed E-state index contributed by atoms with van der Waals surface area (Å²) >= 11 is 0. The van der Waals surface area contributed by atoms with Gasteiger partial charge >= 0.3 is 6.18 Å². The SMILES string of the molecule is COc1ccc(OCc2ccc(C(=O)N3N=CC[C@]3(O)C(F)(F)F)cc2)cc1. The van der Waals surface area contributed by atoms with Gasteiger partial charge in [0.15, 0.2) is 0 Å². The van der Waals surface area contributed by atoms with Gasteiger partial charge in [0.2, 0.25) is 0 Å². The van der Waals surface area contributed by atoms with E-state index in [-0.39, 0.29) is 17.2 Å². The van der Waals surface area contributed by atoms with Crippen LogP contribution in [0.5, 0.6) is 11.5 Å². The van der Waals surface area contributed by atoms with Gasteiger partial charge in [0, 0.05) is 18.2 Å². The Labute approximate surface area is 158 Å². The zero-order valence-electron chi connectivity index (χ0n) is 14.8. The molecule has 6 nitrogen and oxygen atoms in total. The minimum Gasteiger partial charge on any atom is -0.497 e. The Balaban J connectivity index is 1.66. The first-order valence-electron chi connectivity index (χ1n) is 8.26. The predicted octanol–water partition coefficient (Wildman–Crippen LogP) is 3.36. The summed E-state index contributed by atoms with van der Waals surface area (Å²) in [5.41, 5.74) is -2.65. The third-order valence-corrected chi connectivity index (χ3v) is 4.24. The van der Waals surface area contributed by atoms with Crippen molar-refractivity contribution in [3.8, 4) is 11.5 Å². The monoisotopic (exact) mass is 394 g/mol. The molecule has 3 rings (SSSR count). The molecule has 148 valence electrons. The predicted molar refractivity (Wildman–Crippen MR) is 94.1 cm³/mol. The molecule has 1 N–H and O–H groups in total. The maximum atomic E-state index is 13.1. The van der Waals surface area contributed by atoms with E-state index >= 15 is 0 Å². The van der Waals surface area contributed by atoms with E-state index in [1.807, 2.05) is 0 Å². The van der Waals surface area contributed by atoms with Crippen LogP contribution in [0.1, 0.15) is 22.3 Å². The Hall–Kier alpha value is -3.07. The largest absolute Gasteiger partial charge is 0.497 e. The summed E-state index contributed by atoms with van der Waals surface area (Å²) < 4.78 is 50.0. The molecule has 2 aromatic rings. The van der Waals surface area contributed by atoms with E-state index in [0.29, 0.717) is 17.1 Å². The van der Waals surface area contributed by atoms with Gasteiger partial charge in [-0.05, 0) is 42.0 Å². The van der Waals surface area contributed by atoms with E-state index < -0.39 is 24.2 Å². The highest BCUT2D eigenvalue weighted by Crippen LogP contribution is 2.39. The molecule has 0 radical (unpaired) electrons. The second-order valence-corrected chi connectivity index (χ2v) is 6.09. The Morgan fingerprint density at radius 2 is 1.75 bits per heavy atom. The minimum absolute atomic E-state index is 0.0325. The molecule has 2 aromatic carbocycles. The second-order valence-electron chi connectivity index (χ2n) is 6.09. The third kappa shape index (κ3) is 3.79. The summed E-state index contributed by atoms with van der Waals surface area (Å²) in [7, 11) is 1.56. The van der Waals surface area contributed by atoms with E-state index in [9.17, 15) is 23.1 Å². The summed E-state index contributed by atoms with van der Waals surface area (Å²) in [4.78, 5) is 12.4. The summed E-state index contributed by atoms with van der Waals surface area (Å²) in [6, 6.07) is 12.8. The molecule has 0 aromatic heterocycles. The van der Waals surface area contributed by atoms with Crippen LogP contribution in [0.25, 0.3) is 0 Å². The molecule has 0 aliphatic carbocycles. The number of rotatable bonds is 5. The fourth-order valence-electron chi connectivity index (χ4n) is 2.59. The van der Waals surface area contributed by atoms with E-state index in [2.05, 4.69) is 5.10 Å². The van der Waals surface area contributed by atoms with Gasteiger partial charge < -0.3 is 14.6 Å². The number of hydrazone groups is 1. The number of methoxy groups -OCH3 is 1. The molecule has 1 heterocycles. The number of alkyl halides is 3. The lowest BCUT2D eigenvalue weighted by Crippen LogP contribution is -2.56. The zero-order chi connectivity index (χ0) is 20.4. The van der Waals surface area contributed by atoms with Crippen LogP contribution in [0.3, 0.4) is 0 Å². The lowest BCUT2D eigenvalue weighted by atomic mass is 10.1. The van der Waals surface area contributed by atoms with Crippen LogP contribution in [0, 0.1) is 0 Å². The molecule has 9 heteroatoms. The van der Waals surface area contributed by atoms with E-state index in [4.69, 9.17) is 9.47 Å². The Kier molecular flexibility index (Phi) is 5.28. The lowest BCUT2D eigenvalue weighted by Gasteiger charge is -2.32. The molecule has 28 heavy (non-hydrogen) atoms. The van der Waals surface area contributed by atoms with Gasteiger partial charge in [-0.1, -0.05) is 12.1 Å². The topological polar surface area (TPSA) is 71.4 Å². The average molecular weight is 394 g/mol. The zero-order valence-corrected chi connectivity index (χ0v) is 14.8. The molecule has 0 spiro atoms. The van der Waals surface area contributed by atoms with Crippen LogP contribution < -0.4 is 9.47 Å². The quantitative estimate of drug-likeness (QED) is 0.844. The van der Waals surface area contributed by atoms with Crippen LogP contribution in [0.2, 0.25) is 0 Å². The summed E-state index contributed by atoms with van der Waals surface area (Å²) in [5, 5.41) is 13.3. The molecule has 0 saturated heterocycles. The molecule has 0 saturated carbocycles. The minimum atomic E-state index is -5.02. The van der Waals surface area contributed by atoms with Gasteiger partial charge in [0.05, 0.1) is 7.11 Å². The third-order valence-electron chi connectivity index (χ3n) is 4.24. The molecule has 0 fully saturated rings. The van der Waals surface area contributed by atoms with Gasteiger partial charge in [-0.3, -0.25) is 4.79 Å². The molecule has 1 aliphatic rings. The number of hydrogen-bond donors (Lipinski definition) is 1. The van der Waals surface area contributed by atoms with Crippen LogP contribution >= 0.6 is 0 Å². The van der Waals surface area contributed by atoms with Crippen LogP contribution in [-0.2, 0) is 6.61 Å². The van der Waals surface area contributed by atoms with Crippen LogP contribution in [-0.4, -0.2) is 41.2 Å². The smallest absolute Gasteiger partial charge is 0.438 e. The number of carbonyl (C=O) groups is 1. The van der Waals surface area contributed by atoms with Crippen molar-refractivity contribution in [1.29, 1.82) is 0 Å². The summed E-state index contributed by atoms with van der Waals surface area (Å²) in [6.07, 6.45) is -4.97. The Bertz CT molecular complexity index is 866. The fraction of sp³-hybridized carbons (Fsp3) is 0.263. The van der Waals surface area contributed by atoms with E-state index in [0.717, 1.165) is 6.21 Å². The number of aliphatic hydroxyl groups is 1. The molecule has 1 amide bonds. The number of halogens is 3. The van der Waals surface area contributed by atoms with Crippen molar-refractivity contribution in [2.45, 2.75) is 24.9 Å². The normalized spacial score (nSPS) is 19.0. The molecule has 0 unspecified atom stereocenters. The van der Waals surface area contributed by atoms with Gasteiger partial charge in [0.25, 0.3) is 11.6 Å². The average Bonchev–Trinajstić information content (AvgIpc) is 3.09. The first kappa shape index (κ1) is 19.7. The van der Waals surface area contributed by atoms with Crippen molar-refractivity contribution in [3.63, 3.8) is 0 Å². The number of benzene rings is 2. The van der Waals surface area contributed by atoms with Gasteiger partial charge in [-0.25, -0.2) is 0 Å². The van der Waals surface area contributed by atoms with E-state index in [1.54, 1.807) is 43.5 Å². The van der Waals surface area contributed by atoms with Crippen molar-refractivity contribution in [2.75, 3.05) is 7.11 Å². The Morgan fingerprint density at radius 1 is 1.14 bits per heavy atom.